The third-order valence-corrected chi connectivity index (χ3v) is 2.53. The van der Waals surface area contributed by atoms with E-state index in [4.69, 9.17) is 10.9 Å². The van der Waals surface area contributed by atoms with Gasteiger partial charge in [0.25, 0.3) is 5.91 Å². The van der Waals surface area contributed by atoms with Crippen LogP contribution in [0.5, 0.6) is 0 Å². The number of nitrogens with two attached hydrogens (primary N) is 1. The predicted molar refractivity (Wildman–Crippen MR) is 68.0 cm³/mol. The van der Waals surface area contributed by atoms with Crippen molar-refractivity contribution in [3.63, 3.8) is 0 Å². The summed E-state index contributed by atoms with van der Waals surface area (Å²) in [6.45, 7) is 1.79. The van der Waals surface area contributed by atoms with E-state index in [0.717, 1.165) is 5.56 Å². The van der Waals surface area contributed by atoms with Crippen LogP contribution in [0.25, 0.3) is 0 Å². The lowest BCUT2D eigenvalue weighted by Gasteiger charge is -2.11. The topological polar surface area (TPSA) is 129 Å². The third-order valence-electron chi connectivity index (χ3n) is 2.53. The molecule has 0 atom stereocenters. The van der Waals surface area contributed by atoms with Gasteiger partial charge in [0, 0.05) is 5.56 Å². The summed E-state index contributed by atoms with van der Waals surface area (Å²) in [5.74, 6) is -0.514. The molecule has 1 amide bonds. The Morgan fingerprint density at radius 2 is 2.32 bits per heavy atom. The van der Waals surface area contributed by atoms with Crippen LogP contribution >= 0.6 is 0 Å². The lowest BCUT2D eigenvalue weighted by Crippen LogP contribution is -2.20. The van der Waals surface area contributed by atoms with Crippen molar-refractivity contribution < 1.29 is 10.0 Å². The van der Waals surface area contributed by atoms with E-state index in [0.29, 0.717) is 11.3 Å². The normalized spacial score (nSPS) is 11.3. The quantitative estimate of drug-likeness (QED) is 0.276. The zero-order valence-electron chi connectivity index (χ0n) is 10.1. The smallest absolute Gasteiger partial charge is 0.277 e. The number of anilines is 1. The van der Waals surface area contributed by atoms with Gasteiger partial charge in [-0.05, 0) is 18.6 Å². The molecule has 2 aromatic rings. The molecule has 2 rings (SSSR count). The number of amides is 1. The first-order chi connectivity index (χ1) is 9.13. The van der Waals surface area contributed by atoms with Crippen LogP contribution in [0.2, 0.25) is 0 Å². The summed E-state index contributed by atoms with van der Waals surface area (Å²) >= 11 is 0. The summed E-state index contributed by atoms with van der Waals surface area (Å²) in [6.07, 6.45) is 1.30. The second kappa shape index (κ2) is 5.17. The van der Waals surface area contributed by atoms with Gasteiger partial charge in [0.2, 0.25) is 0 Å². The summed E-state index contributed by atoms with van der Waals surface area (Å²) < 4.78 is 0. The standard InChI is InChI=1S/C11H12N6O2/c1-6-3-2-4-7(9(6)10(12)16-19)14-11(18)8-5-13-17-15-8/h2-5,19H,1H3,(H2,12,16)(H,14,18)(H,13,15,17). The van der Waals surface area contributed by atoms with Crippen LogP contribution in [-0.2, 0) is 0 Å². The Labute approximate surface area is 108 Å². The minimum atomic E-state index is -0.439. The molecule has 0 unspecified atom stereocenters. The highest BCUT2D eigenvalue weighted by Gasteiger charge is 2.15. The number of aryl methyl sites for hydroxylation is 1. The number of amidine groups is 1. The predicted octanol–water partition coefficient (Wildman–Crippen LogP) is 0.460. The van der Waals surface area contributed by atoms with E-state index in [-0.39, 0.29) is 11.5 Å². The first kappa shape index (κ1) is 12.6. The zero-order valence-corrected chi connectivity index (χ0v) is 10.1. The van der Waals surface area contributed by atoms with Gasteiger partial charge in [-0.25, -0.2) is 0 Å². The molecule has 0 aliphatic heterocycles. The maximum absolute atomic E-state index is 11.9. The molecule has 0 aliphatic rings. The van der Waals surface area contributed by atoms with Crippen molar-refractivity contribution in [3.05, 3.63) is 41.2 Å². The lowest BCUT2D eigenvalue weighted by molar-refractivity contribution is 0.102. The van der Waals surface area contributed by atoms with Crippen LogP contribution in [-0.4, -0.2) is 32.4 Å². The molecule has 19 heavy (non-hydrogen) atoms. The fourth-order valence-electron chi connectivity index (χ4n) is 1.66. The molecule has 0 aliphatic carbocycles. The minimum absolute atomic E-state index is 0.0754. The number of H-pyrrole nitrogens is 1. The molecular weight excluding hydrogens is 248 g/mol. The van der Waals surface area contributed by atoms with E-state index < -0.39 is 5.91 Å². The van der Waals surface area contributed by atoms with E-state index in [1.807, 2.05) is 0 Å². The van der Waals surface area contributed by atoms with Gasteiger partial charge in [-0.3, -0.25) is 4.79 Å². The number of carbonyl (C=O) groups is 1. The van der Waals surface area contributed by atoms with Crippen LogP contribution in [0.15, 0.2) is 29.6 Å². The van der Waals surface area contributed by atoms with Crippen LogP contribution < -0.4 is 11.1 Å². The van der Waals surface area contributed by atoms with Crippen molar-refractivity contribution >= 4 is 17.4 Å². The highest BCUT2D eigenvalue weighted by Crippen LogP contribution is 2.19. The third kappa shape index (κ3) is 2.51. The Bertz CT molecular complexity index is 620. The SMILES string of the molecule is Cc1cccc(NC(=O)c2cn[nH]n2)c1/C(N)=N/O. The molecule has 8 nitrogen and oxygen atoms in total. The average molecular weight is 260 g/mol. The Hall–Kier alpha value is -2.90. The fourth-order valence-corrected chi connectivity index (χ4v) is 1.66. The van der Waals surface area contributed by atoms with Gasteiger partial charge in [0.05, 0.1) is 11.9 Å². The molecule has 0 fully saturated rings. The molecule has 0 spiro atoms. The number of nitrogens with zero attached hydrogens (tertiary/aromatic N) is 3. The maximum Gasteiger partial charge on any atom is 0.277 e. The number of carbonyl (C=O) groups excluding carboxylic acids is 1. The second-order valence-electron chi connectivity index (χ2n) is 3.79. The Balaban J connectivity index is 2.36. The molecule has 0 bridgehead atoms. The van der Waals surface area contributed by atoms with Crippen molar-refractivity contribution in [2.45, 2.75) is 6.92 Å². The molecule has 1 heterocycles. The molecule has 1 aromatic carbocycles. The van der Waals surface area contributed by atoms with Gasteiger partial charge in [-0.15, -0.1) is 0 Å². The monoisotopic (exact) mass is 260 g/mol. The second-order valence-corrected chi connectivity index (χ2v) is 3.79. The van der Waals surface area contributed by atoms with Gasteiger partial charge < -0.3 is 16.3 Å². The number of nitrogens with one attached hydrogen (secondary N) is 2. The number of benzene rings is 1. The number of aromatic nitrogens is 3. The van der Waals surface area contributed by atoms with Gasteiger partial charge in [-0.2, -0.15) is 15.4 Å². The summed E-state index contributed by atoms with van der Waals surface area (Å²) in [5, 5.41) is 23.9. The van der Waals surface area contributed by atoms with Crippen LogP contribution in [0, 0.1) is 6.92 Å². The van der Waals surface area contributed by atoms with Gasteiger partial charge >= 0.3 is 0 Å². The van der Waals surface area contributed by atoms with Crippen molar-refractivity contribution in [2.75, 3.05) is 5.32 Å². The van der Waals surface area contributed by atoms with Crippen LogP contribution in [0.3, 0.4) is 0 Å². The summed E-state index contributed by atoms with van der Waals surface area (Å²) in [7, 11) is 0. The molecular formula is C11H12N6O2. The first-order valence-corrected chi connectivity index (χ1v) is 5.38. The van der Waals surface area contributed by atoms with E-state index in [9.17, 15) is 4.79 Å². The largest absolute Gasteiger partial charge is 0.409 e. The summed E-state index contributed by atoms with van der Waals surface area (Å²) in [6, 6.07) is 5.19. The first-order valence-electron chi connectivity index (χ1n) is 5.38. The number of hydrogen-bond acceptors (Lipinski definition) is 5. The van der Waals surface area contributed by atoms with E-state index in [1.54, 1.807) is 25.1 Å². The molecule has 0 radical (unpaired) electrons. The molecule has 8 heteroatoms. The highest BCUT2D eigenvalue weighted by atomic mass is 16.4. The highest BCUT2D eigenvalue weighted by molar-refractivity contribution is 6.09. The Morgan fingerprint density at radius 1 is 1.53 bits per heavy atom. The molecule has 1 aromatic heterocycles. The van der Waals surface area contributed by atoms with Crippen molar-refractivity contribution in [1.29, 1.82) is 0 Å². The number of hydrogen-bond donors (Lipinski definition) is 4. The maximum atomic E-state index is 11.9. The van der Waals surface area contributed by atoms with Gasteiger partial charge in [-0.1, -0.05) is 17.3 Å². The average Bonchev–Trinajstić information content (AvgIpc) is 2.92. The van der Waals surface area contributed by atoms with Crippen molar-refractivity contribution in [3.8, 4) is 0 Å². The van der Waals surface area contributed by atoms with Gasteiger partial charge in [0.1, 0.15) is 0 Å². The van der Waals surface area contributed by atoms with Crippen LogP contribution in [0.1, 0.15) is 21.6 Å². The van der Waals surface area contributed by atoms with Crippen molar-refractivity contribution in [2.24, 2.45) is 10.9 Å². The number of aromatic amines is 1. The van der Waals surface area contributed by atoms with Crippen LogP contribution in [0.4, 0.5) is 5.69 Å². The molecule has 5 N–H and O–H groups in total. The number of rotatable bonds is 3. The molecule has 0 saturated carbocycles. The Morgan fingerprint density at radius 3 is 2.95 bits per heavy atom. The zero-order chi connectivity index (χ0) is 13.8. The minimum Gasteiger partial charge on any atom is -0.409 e. The molecule has 0 saturated heterocycles. The van der Waals surface area contributed by atoms with E-state index in [2.05, 4.69) is 25.9 Å². The lowest BCUT2D eigenvalue weighted by atomic mass is 10.1. The fraction of sp³-hybridized carbons (Fsp3) is 0.0909. The molecule has 98 valence electrons. The Kier molecular flexibility index (Phi) is 3.42. The summed E-state index contributed by atoms with van der Waals surface area (Å²) in [4.78, 5) is 11.9. The van der Waals surface area contributed by atoms with E-state index in [1.165, 1.54) is 6.20 Å². The summed E-state index contributed by atoms with van der Waals surface area (Å²) in [5.41, 5.74) is 7.42. The number of oxime groups is 1. The van der Waals surface area contributed by atoms with E-state index >= 15 is 0 Å². The van der Waals surface area contributed by atoms with Gasteiger partial charge in [0.15, 0.2) is 11.5 Å². The van der Waals surface area contributed by atoms with Crippen molar-refractivity contribution in [1.82, 2.24) is 15.4 Å².